The van der Waals surface area contributed by atoms with Crippen LogP contribution in [-0.2, 0) is 0 Å². The molecule has 3 rings (SSSR count). The molecule has 0 saturated heterocycles. The van der Waals surface area contributed by atoms with Crippen LogP contribution in [0.4, 0.5) is 0 Å². The lowest BCUT2D eigenvalue weighted by molar-refractivity contribution is 0.0943. The number of aromatic nitrogens is 1. The summed E-state index contributed by atoms with van der Waals surface area (Å²) in [5, 5.41) is 3.59. The Hall–Kier alpha value is -2.79. The second-order valence-corrected chi connectivity index (χ2v) is 6.70. The predicted octanol–water partition coefficient (Wildman–Crippen LogP) is 4.35. The molecule has 1 aromatic heterocycles. The van der Waals surface area contributed by atoms with Crippen LogP contribution in [-0.4, -0.2) is 24.0 Å². The fourth-order valence-corrected chi connectivity index (χ4v) is 3.29. The smallest absolute Gasteiger partial charge is 0.254 e. The highest BCUT2D eigenvalue weighted by Crippen LogP contribution is 2.28. The minimum Gasteiger partial charge on any atom is -0.491 e. The van der Waals surface area contributed by atoms with Crippen molar-refractivity contribution in [2.75, 3.05) is 13.2 Å². The van der Waals surface area contributed by atoms with Gasteiger partial charge in [-0.15, -0.1) is 0 Å². The van der Waals surface area contributed by atoms with Gasteiger partial charge in [-0.05, 0) is 42.8 Å². The summed E-state index contributed by atoms with van der Waals surface area (Å²) in [4.78, 5) is 17.9. The van der Waals surface area contributed by atoms with E-state index in [1.807, 2.05) is 61.5 Å². The molecule has 0 aliphatic carbocycles. The zero-order valence-corrected chi connectivity index (χ0v) is 15.3. The van der Waals surface area contributed by atoms with Crippen molar-refractivity contribution in [1.82, 2.24) is 10.3 Å². The average Bonchev–Trinajstić information content (AvgIpc) is 2.67. The van der Waals surface area contributed by atoms with Crippen LogP contribution in [0.25, 0.3) is 0 Å². The van der Waals surface area contributed by atoms with Gasteiger partial charge >= 0.3 is 0 Å². The third-order valence-corrected chi connectivity index (χ3v) is 4.74. The second-order valence-electron chi connectivity index (χ2n) is 5.64. The van der Waals surface area contributed by atoms with Gasteiger partial charge < -0.3 is 10.1 Å². The summed E-state index contributed by atoms with van der Waals surface area (Å²) in [6, 6.07) is 21.3. The minimum absolute atomic E-state index is 0.148. The van der Waals surface area contributed by atoms with Crippen LogP contribution in [0, 0.1) is 6.92 Å². The van der Waals surface area contributed by atoms with Crippen molar-refractivity contribution in [1.29, 1.82) is 0 Å². The number of hydrogen-bond donors (Lipinski definition) is 1. The first-order valence-electron chi connectivity index (χ1n) is 8.38. The molecule has 3 aromatic rings. The van der Waals surface area contributed by atoms with Gasteiger partial charge in [0.2, 0.25) is 0 Å². The van der Waals surface area contributed by atoms with E-state index >= 15 is 0 Å². The van der Waals surface area contributed by atoms with Crippen molar-refractivity contribution in [3.63, 3.8) is 0 Å². The Morgan fingerprint density at radius 2 is 1.81 bits per heavy atom. The molecule has 132 valence electrons. The topological polar surface area (TPSA) is 51.2 Å². The number of nitrogens with zero attached hydrogens (tertiary/aromatic N) is 1. The number of carbonyl (C=O) groups excluding carboxylic acids is 1. The number of benzene rings is 2. The van der Waals surface area contributed by atoms with E-state index in [2.05, 4.69) is 10.3 Å². The highest BCUT2D eigenvalue weighted by atomic mass is 32.2. The summed E-state index contributed by atoms with van der Waals surface area (Å²) >= 11 is 1.48. The van der Waals surface area contributed by atoms with Gasteiger partial charge in [-0.25, -0.2) is 4.98 Å². The number of para-hydroxylation sites is 1. The summed E-state index contributed by atoms with van der Waals surface area (Å²) < 4.78 is 5.71. The molecule has 0 radical (unpaired) electrons. The number of rotatable bonds is 7. The largest absolute Gasteiger partial charge is 0.491 e. The number of carbonyl (C=O) groups is 1. The number of nitrogens with one attached hydrogen (secondary N) is 1. The van der Waals surface area contributed by atoms with E-state index in [0.29, 0.717) is 23.7 Å². The molecule has 26 heavy (non-hydrogen) atoms. The van der Waals surface area contributed by atoms with E-state index in [9.17, 15) is 4.79 Å². The molecule has 5 heteroatoms. The van der Waals surface area contributed by atoms with Crippen LogP contribution in [0.3, 0.4) is 0 Å². The van der Waals surface area contributed by atoms with Gasteiger partial charge in [0.1, 0.15) is 17.4 Å². The fourth-order valence-electron chi connectivity index (χ4n) is 2.38. The van der Waals surface area contributed by atoms with Gasteiger partial charge in [0.15, 0.2) is 0 Å². The van der Waals surface area contributed by atoms with Gasteiger partial charge in [-0.3, -0.25) is 4.79 Å². The number of amides is 1. The van der Waals surface area contributed by atoms with Crippen molar-refractivity contribution >= 4 is 17.7 Å². The standard InChI is InChI=1S/C21H20N2O2S/c1-16-8-5-6-12-19(16)25-15-14-22-20(24)18-11-7-13-23-21(18)26-17-9-3-2-4-10-17/h2-13H,14-15H2,1H3,(H,22,24). The highest BCUT2D eigenvalue weighted by molar-refractivity contribution is 7.99. The normalized spacial score (nSPS) is 10.3. The average molecular weight is 364 g/mol. The number of aryl methyl sites for hydroxylation is 1. The molecule has 0 aliphatic heterocycles. The van der Waals surface area contributed by atoms with Crippen molar-refractivity contribution in [2.24, 2.45) is 0 Å². The number of pyridine rings is 1. The molecular formula is C21H20N2O2S. The van der Waals surface area contributed by atoms with Gasteiger partial charge in [0.25, 0.3) is 5.91 Å². The Bertz CT molecular complexity index is 869. The molecule has 0 aliphatic rings. The Labute approximate surface area is 157 Å². The SMILES string of the molecule is Cc1ccccc1OCCNC(=O)c1cccnc1Sc1ccccc1. The Balaban J connectivity index is 1.57. The van der Waals surface area contributed by atoms with E-state index in [1.54, 1.807) is 18.3 Å². The maximum Gasteiger partial charge on any atom is 0.254 e. The molecule has 4 nitrogen and oxygen atoms in total. The van der Waals surface area contributed by atoms with E-state index in [0.717, 1.165) is 16.2 Å². The van der Waals surface area contributed by atoms with Crippen molar-refractivity contribution in [3.05, 3.63) is 84.1 Å². The molecular weight excluding hydrogens is 344 g/mol. The molecule has 0 unspecified atom stereocenters. The molecule has 0 bridgehead atoms. The van der Waals surface area contributed by atoms with Crippen molar-refractivity contribution in [2.45, 2.75) is 16.8 Å². The van der Waals surface area contributed by atoms with Gasteiger partial charge in [-0.2, -0.15) is 0 Å². The molecule has 2 aromatic carbocycles. The lowest BCUT2D eigenvalue weighted by Gasteiger charge is -2.11. The first-order valence-corrected chi connectivity index (χ1v) is 9.20. The summed E-state index contributed by atoms with van der Waals surface area (Å²) in [6.45, 7) is 2.84. The molecule has 1 amide bonds. The number of hydrogen-bond acceptors (Lipinski definition) is 4. The Morgan fingerprint density at radius 1 is 1.04 bits per heavy atom. The van der Waals surface area contributed by atoms with E-state index in [4.69, 9.17) is 4.74 Å². The second kappa shape index (κ2) is 9.06. The monoisotopic (exact) mass is 364 g/mol. The van der Waals surface area contributed by atoms with Crippen LogP contribution >= 0.6 is 11.8 Å². The Morgan fingerprint density at radius 3 is 2.62 bits per heavy atom. The van der Waals surface area contributed by atoms with Crippen molar-refractivity contribution < 1.29 is 9.53 Å². The minimum atomic E-state index is -0.148. The third kappa shape index (κ3) is 4.86. The molecule has 1 heterocycles. The lowest BCUT2D eigenvalue weighted by Crippen LogP contribution is -2.28. The highest BCUT2D eigenvalue weighted by Gasteiger charge is 2.13. The zero-order valence-electron chi connectivity index (χ0n) is 14.5. The number of ether oxygens (including phenoxy) is 1. The summed E-state index contributed by atoms with van der Waals surface area (Å²) in [5.74, 6) is 0.688. The van der Waals surface area contributed by atoms with Crippen LogP contribution in [0.5, 0.6) is 5.75 Å². The summed E-state index contributed by atoms with van der Waals surface area (Å²) in [6.07, 6.45) is 1.70. The third-order valence-electron chi connectivity index (χ3n) is 3.71. The van der Waals surface area contributed by atoms with Gasteiger partial charge in [-0.1, -0.05) is 48.2 Å². The Kier molecular flexibility index (Phi) is 6.28. The van der Waals surface area contributed by atoms with Gasteiger partial charge in [0, 0.05) is 11.1 Å². The van der Waals surface area contributed by atoms with Crippen LogP contribution in [0.2, 0.25) is 0 Å². The fraction of sp³-hybridized carbons (Fsp3) is 0.143. The first kappa shape index (κ1) is 18.0. The molecule has 0 spiro atoms. The zero-order chi connectivity index (χ0) is 18.2. The maximum absolute atomic E-state index is 12.5. The molecule has 0 fully saturated rings. The van der Waals surface area contributed by atoms with Gasteiger partial charge in [0.05, 0.1) is 12.1 Å². The van der Waals surface area contributed by atoms with Crippen LogP contribution in [0.1, 0.15) is 15.9 Å². The first-order chi connectivity index (χ1) is 12.7. The van der Waals surface area contributed by atoms with E-state index < -0.39 is 0 Å². The van der Waals surface area contributed by atoms with Crippen LogP contribution < -0.4 is 10.1 Å². The quantitative estimate of drug-likeness (QED) is 0.633. The molecule has 1 N–H and O–H groups in total. The maximum atomic E-state index is 12.5. The van der Waals surface area contributed by atoms with Crippen molar-refractivity contribution in [3.8, 4) is 5.75 Å². The molecule has 0 saturated carbocycles. The predicted molar refractivity (Wildman–Crippen MR) is 104 cm³/mol. The molecule has 0 atom stereocenters. The van der Waals surface area contributed by atoms with E-state index in [1.165, 1.54) is 11.8 Å². The van der Waals surface area contributed by atoms with Crippen LogP contribution in [0.15, 0.2) is 82.8 Å². The summed E-state index contributed by atoms with van der Waals surface area (Å²) in [5.41, 5.74) is 1.64. The van der Waals surface area contributed by atoms with E-state index in [-0.39, 0.29) is 5.91 Å². The summed E-state index contributed by atoms with van der Waals surface area (Å²) in [7, 11) is 0. The lowest BCUT2D eigenvalue weighted by atomic mass is 10.2.